The molecule has 2 aromatic rings. The Morgan fingerprint density at radius 2 is 1.89 bits per heavy atom. The first-order valence-electron chi connectivity index (χ1n) is 5.58. The van der Waals surface area contributed by atoms with Crippen LogP contribution >= 0.6 is 0 Å². The first-order valence-corrected chi connectivity index (χ1v) is 5.58. The summed E-state index contributed by atoms with van der Waals surface area (Å²) in [5.41, 5.74) is 6.78. The lowest BCUT2D eigenvalue weighted by Crippen LogP contribution is -2.18. The van der Waals surface area contributed by atoms with Gasteiger partial charge in [-0.2, -0.15) is 0 Å². The normalized spacial score (nSPS) is 12.1. The molecule has 3 nitrogen and oxygen atoms in total. The molecule has 0 saturated heterocycles. The molecule has 2 rings (SSSR count). The van der Waals surface area contributed by atoms with E-state index in [1.54, 1.807) is 36.4 Å². The molecule has 0 amide bonds. The summed E-state index contributed by atoms with van der Waals surface area (Å²) >= 11 is 0. The van der Waals surface area contributed by atoms with Crippen molar-refractivity contribution in [3.63, 3.8) is 0 Å². The van der Waals surface area contributed by atoms with Gasteiger partial charge in [0.2, 0.25) is 0 Å². The van der Waals surface area contributed by atoms with Crippen molar-refractivity contribution < 1.29 is 14.2 Å². The third-order valence-electron chi connectivity index (χ3n) is 2.55. The molecule has 0 bridgehead atoms. The average Bonchev–Trinajstić information content (AvgIpc) is 2.37. The van der Waals surface area contributed by atoms with Gasteiger partial charge >= 0.3 is 0 Å². The first-order chi connectivity index (χ1) is 8.65. The first kappa shape index (κ1) is 12.4. The number of aromatic hydroxyl groups is 1. The molecule has 0 aliphatic rings. The van der Waals surface area contributed by atoms with Crippen LogP contribution in [0.5, 0.6) is 11.5 Å². The number of ether oxygens (including phenoxy) is 1. The van der Waals surface area contributed by atoms with E-state index in [4.69, 9.17) is 15.6 Å². The molecule has 4 heteroatoms. The number of hydrogen-bond acceptors (Lipinski definition) is 3. The van der Waals surface area contributed by atoms with Crippen molar-refractivity contribution in [2.75, 3.05) is 6.61 Å². The number of halogens is 1. The standard InChI is InChI=1S/C14H14FNO2/c15-11-2-1-3-13(8-11)18-9-14(16)10-4-6-12(17)7-5-10/h1-8,14,17H,9,16H2. The van der Waals surface area contributed by atoms with Gasteiger partial charge in [-0.05, 0) is 29.8 Å². The Kier molecular flexibility index (Phi) is 3.79. The molecule has 0 radical (unpaired) electrons. The molecule has 0 aliphatic heterocycles. The third-order valence-corrected chi connectivity index (χ3v) is 2.55. The largest absolute Gasteiger partial charge is 0.508 e. The van der Waals surface area contributed by atoms with Crippen molar-refractivity contribution in [1.82, 2.24) is 0 Å². The second-order valence-corrected chi connectivity index (χ2v) is 3.97. The van der Waals surface area contributed by atoms with Crippen LogP contribution < -0.4 is 10.5 Å². The van der Waals surface area contributed by atoms with Crippen molar-refractivity contribution >= 4 is 0 Å². The second-order valence-electron chi connectivity index (χ2n) is 3.97. The number of rotatable bonds is 4. The van der Waals surface area contributed by atoms with Crippen LogP contribution in [0, 0.1) is 5.82 Å². The van der Waals surface area contributed by atoms with Gasteiger partial charge in [0.1, 0.15) is 23.9 Å². The van der Waals surface area contributed by atoms with Crippen molar-refractivity contribution in [1.29, 1.82) is 0 Å². The van der Waals surface area contributed by atoms with Gasteiger partial charge in [0, 0.05) is 6.07 Å². The Labute approximate surface area is 105 Å². The molecule has 18 heavy (non-hydrogen) atoms. The number of phenolic OH excluding ortho intramolecular Hbond substituents is 1. The highest BCUT2D eigenvalue weighted by atomic mass is 19.1. The fraction of sp³-hybridized carbons (Fsp3) is 0.143. The highest BCUT2D eigenvalue weighted by molar-refractivity contribution is 5.28. The molecule has 0 fully saturated rings. The van der Waals surface area contributed by atoms with E-state index in [1.165, 1.54) is 12.1 Å². The monoisotopic (exact) mass is 247 g/mol. The minimum absolute atomic E-state index is 0.192. The van der Waals surface area contributed by atoms with Crippen LogP contribution in [0.2, 0.25) is 0 Å². The molecule has 0 heterocycles. The van der Waals surface area contributed by atoms with Gasteiger partial charge in [0.25, 0.3) is 0 Å². The number of benzene rings is 2. The summed E-state index contributed by atoms with van der Waals surface area (Å²) in [7, 11) is 0. The van der Waals surface area contributed by atoms with Crippen LogP contribution in [0.1, 0.15) is 11.6 Å². The number of phenols is 1. The van der Waals surface area contributed by atoms with Crippen molar-refractivity contribution in [3.8, 4) is 11.5 Å². The average molecular weight is 247 g/mol. The summed E-state index contributed by atoms with van der Waals surface area (Å²) in [6.07, 6.45) is 0. The Hall–Kier alpha value is -2.07. The smallest absolute Gasteiger partial charge is 0.126 e. The zero-order chi connectivity index (χ0) is 13.0. The molecule has 0 aliphatic carbocycles. The van der Waals surface area contributed by atoms with Gasteiger partial charge in [0.15, 0.2) is 0 Å². The summed E-state index contributed by atoms with van der Waals surface area (Å²) in [5, 5.41) is 9.16. The van der Waals surface area contributed by atoms with Gasteiger partial charge in [0.05, 0.1) is 6.04 Å². The number of hydrogen-bond donors (Lipinski definition) is 2. The van der Waals surface area contributed by atoms with Crippen LogP contribution in [0.4, 0.5) is 4.39 Å². The van der Waals surface area contributed by atoms with E-state index in [9.17, 15) is 4.39 Å². The van der Waals surface area contributed by atoms with Gasteiger partial charge in [-0.1, -0.05) is 18.2 Å². The topological polar surface area (TPSA) is 55.5 Å². The molecule has 0 aromatic heterocycles. The van der Waals surface area contributed by atoms with Crippen molar-refractivity contribution in [2.45, 2.75) is 6.04 Å². The molecule has 3 N–H and O–H groups in total. The Morgan fingerprint density at radius 1 is 1.17 bits per heavy atom. The lowest BCUT2D eigenvalue weighted by atomic mass is 10.1. The molecule has 2 aromatic carbocycles. The zero-order valence-electron chi connectivity index (χ0n) is 9.71. The summed E-state index contributed by atoms with van der Waals surface area (Å²) in [4.78, 5) is 0. The van der Waals surface area contributed by atoms with E-state index >= 15 is 0 Å². The molecule has 94 valence electrons. The molecule has 0 spiro atoms. The maximum absolute atomic E-state index is 12.9. The fourth-order valence-corrected chi connectivity index (χ4v) is 1.56. The van der Waals surface area contributed by atoms with E-state index in [1.807, 2.05) is 0 Å². The van der Waals surface area contributed by atoms with Crippen LogP contribution in [0.15, 0.2) is 48.5 Å². The van der Waals surface area contributed by atoms with Gasteiger partial charge in [-0.25, -0.2) is 4.39 Å². The van der Waals surface area contributed by atoms with Crippen LogP contribution in [0.25, 0.3) is 0 Å². The predicted octanol–water partition coefficient (Wildman–Crippen LogP) is 2.61. The van der Waals surface area contributed by atoms with E-state index in [0.717, 1.165) is 5.56 Å². The maximum Gasteiger partial charge on any atom is 0.126 e. The van der Waals surface area contributed by atoms with Crippen molar-refractivity contribution in [2.24, 2.45) is 5.73 Å². The van der Waals surface area contributed by atoms with E-state index in [-0.39, 0.29) is 24.2 Å². The highest BCUT2D eigenvalue weighted by Crippen LogP contribution is 2.17. The van der Waals surface area contributed by atoms with E-state index in [2.05, 4.69) is 0 Å². The third kappa shape index (κ3) is 3.21. The second kappa shape index (κ2) is 5.51. The van der Waals surface area contributed by atoms with Crippen LogP contribution in [-0.2, 0) is 0 Å². The van der Waals surface area contributed by atoms with E-state index < -0.39 is 0 Å². The molecule has 0 saturated carbocycles. The fourth-order valence-electron chi connectivity index (χ4n) is 1.56. The number of nitrogens with two attached hydrogens (primary N) is 1. The SMILES string of the molecule is NC(COc1cccc(F)c1)c1ccc(O)cc1. The van der Waals surface area contributed by atoms with Crippen molar-refractivity contribution in [3.05, 3.63) is 59.9 Å². The van der Waals surface area contributed by atoms with Crippen LogP contribution in [0.3, 0.4) is 0 Å². The van der Waals surface area contributed by atoms with Crippen LogP contribution in [-0.4, -0.2) is 11.7 Å². The lowest BCUT2D eigenvalue weighted by molar-refractivity contribution is 0.289. The minimum Gasteiger partial charge on any atom is -0.508 e. The highest BCUT2D eigenvalue weighted by Gasteiger charge is 2.07. The summed E-state index contributed by atoms with van der Waals surface area (Å²) < 4.78 is 18.3. The minimum atomic E-state index is -0.342. The molecular formula is C14H14FNO2. The Balaban J connectivity index is 1.96. The summed E-state index contributed by atoms with van der Waals surface area (Å²) in [6, 6.07) is 12.2. The zero-order valence-corrected chi connectivity index (χ0v) is 9.71. The summed E-state index contributed by atoms with van der Waals surface area (Å²) in [5.74, 6) is 0.298. The van der Waals surface area contributed by atoms with Gasteiger partial charge in [-0.3, -0.25) is 0 Å². The molecule has 1 atom stereocenters. The van der Waals surface area contributed by atoms with Gasteiger partial charge < -0.3 is 15.6 Å². The summed E-state index contributed by atoms with van der Waals surface area (Å²) in [6.45, 7) is 0.244. The molecule has 1 unspecified atom stereocenters. The Bertz CT molecular complexity index is 513. The van der Waals surface area contributed by atoms with Gasteiger partial charge in [-0.15, -0.1) is 0 Å². The quantitative estimate of drug-likeness (QED) is 0.873. The Morgan fingerprint density at radius 3 is 2.56 bits per heavy atom. The lowest BCUT2D eigenvalue weighted by Gasteiger charge is -2.13. The van der Waals surface area contributed by atoms with E-state index in [0.29, 0.717) is 5.75 Å². The molecular weight excluding hydrogens is 233 g/mol. The maximum atomic E-state index is 12.9. The predicted molar refractivity (Wildman–Crippen MR) is 66.9 cm³/mol.